The van der Waals surface area contributed by atoms with E-state index in [1.807, 2.05) is 34.9 Å². The lowest BCUT2D eigenvalue weighted by molar-refractivity contribution is -0.670. The molecule has 0 saturated carbocycles. The molecule has 0 N–H and O–H groups in total. The molecule has 5 nitrogen and oxygen atoms in total. The normalized spacial score (nSPS) is 11.6. The van der Waals surface area contributed by atoms with Crippen molar-refractivity contribution in [2.24, 2.45) is 7.05 Å². The van der Waals surface area contributed by atoms with Crippen molar-refractivity contribution in [3.05, 3.63) is 43.0 Å². The molecule has 0 radical (unpaired) electrons. The Hall–Kier alpha value is -1.66. The van der Waals surface area contributed by atoms with Gasteiger partial charge in [0.05, 0.1) is 11.9 Å². The molecule has 0 atom stereocenters. The van der Waals surface area contributed by atoms with Crippen molar-refractivity contribution < 1.29 is 17.5 Å². The highest BCUT2D eigenvalue weighted by Gasteiger charge is 2.05. The van der Waals surface area contributed by atoms with Crippen LogP contribution in [0.4, 0.5) is 0 Å². The highest BCUT2D eigenvalue weighted by molar-refractivity contribution is 7.85. The molecule has 0 fully saturated rings. The predicted octanol–water partition coefficient (Wildman–Crippen LogP) is 0.206. The van der Waals surface area contributed by atoms with Gasteiger partial charge in [-0.3, -0.25) is 0 Å². The molecule has 0 spiro atoms. The summed E-state index contributed by atoms with van der Waals surface area (Å²) >= 11 is 0. The van der Waals surface area contributed by atoms with Crippen LogP contribution in [0.1, 0.15) is 0 Å². The molecule has 0 amide bonds. The van der Waals surface area contributed by atoms with Crippen LogP contribution in [0.2, 0.25) is 0 Å². The summed E-state index contributed by atoms with van der Waals surface area (Å²) in [5.74, 6) is 0. The molecule has 1 aromatic heterocycles. The molecule has 16 heavy (non-hydrogen) atoms. The molecule has 0 bridgehead atoms. The molecular formula is C10H10N2O3S. The summed E-state index contributed by atoms with van der Waals surface area (Å²) in [7, 11) is -2.48. The topological polar surface area (TPSA) is 66.0 Å². The van der Waals surface area contributed by atoms with Gasteiger partial charge >= 0.3 is 0 Å². The Bertz CT molecular complexity index is 599. The molecule has 0 saturated heterocycles. The monoisotopic (exact) mass is 238 g/mol. The molecule has 2 rings (SSSR count). The van der Waals surface area contributed by atoms with E-state index in [0.717, 1.165) is 5.69 Å². The van der Waals surface area contributed by atoms with E-state index in [1.54, 1.807) is 12.1 Å². The van der Waals surface area contributed by atoms with Gasteiger partial charge < -0.3 is 4.55 Å². The van der Waals surface area contributed by atoms with Gasteiger partial charge in [-0.1, -0.05) is 0 Å². The summed E-state index contributed by atoms with van der Waals surface area (Å²) in [5.41, 5.74) is 0.799. The van der Waals surface area contributed by atoms with Crippen LogP contribution in [-0.2, 0) is 17.2 Å². The van der Waals surface area contributed by atoms with Gasteiger partial charge in [0, 0.05) is 0 Å². The van der Waals surface area contributed by atoms with Crippen LogP contribution < -0.4 is 4.57 Å². The van der Waals surface area contributed by atoms with Crippen molar-refractivity contribution in [3.8, 4) is 5.69 Å². The van der Waals surface area contributed by atoms with Gasteiger partial charge in [0.2, 0.25) is 6.33 Å². The van der Waals surface area contributed by atoms with E-state index in [0.29, 0.717) is 0 Å². The first-order chi connectivity index (χ1) is 7.47. The number of imidazole rings is 1. The van der Waals surface area contributed by atoms with Crippen molar-refractivity contribution in [2.75, 3.05) is 0 Å². The highest BCUT2D eigenvalue weighted by atomic mass is 32.2. The Morgan fingerprint density at radius 2 is 1.88 bits per heavy atom. The Kier molecular flexibility index (Phi) is 2.53. The maximum absolute atomic E-state index is 10.7. The second-order valence-corrected chi connectivity index (χ2v) is 4.81. The zero-order chi connectivity index (χ0) is 11.8. The zero-order valence-corrected chi connectivity index (χ0v) is 9.39. The molecule has 6 heteroatoms. The highest BCUT2D eigenvalue weighted by Crippen LogP contribution is 2.12. The lowest BCUT2D eigenvalue weighted by atomic mass is 10.3. The van der Waals surface area contributed by atoms with E-state index in [9.17, 15) is 13.0 Å². The molecule has 0 unspecified atom stereocenters. The molecular weight excluding hydrogens is 228 g/mol. The maximum Gasteiger partial charge on any atom is 0.248 e. The fourth-order valence-electron chi connectivity index (χ4n) is 1.39. The molecule has 2 aromatic rings. The number of rotatable bonds is 2. The van der Waals surface area contributed by atoms with E-state index < -0.39 is 10.1 Å². The van der Waals surface area contributed by atoms with E-state index in [4.69, 9.17) is 0 Å². The Morgan fingerprint density at radius 3 is 2.31 bits per heavy atom. The van der Waals surface area contributed by atoms with Crippen molar-refractivity contribution in [2.45, 2.75) is 4.90 Å². The lowest BCUT2D eigenvalue weighted by Crippen LogP contribution is -2.23. The van der Waals surface area contributed by atoms with Crippen LogP contribution in [0, 0.1) is 0 Å². The largest absolute Gasteiger partial charge is 0.744 e. The third-order valence-electron chi connectivity index (χ3n) is 2.19. The number of hydrogen-bond donors (Lipinski definition) is 0. The van der Waals surface area contributed by atoms with Gasteiger partial charge in [0.15, 0.2) is 0 Å². The predicted molar refractivity (Wildman–Crippen MR) is 54.9 cm³/mol. The average Bonchev–Trinajstić information content (AvgIpc) is 2.64. The first kappa shape index (κ1) is 10.8. The molecule has 1 heterocycles. The van der Waals surface area contributed by atoms with Crippen molar-refractivity contribution in [1.29, 1.82) is 0 Å². The van der Waals surface area contributed by atoms with Crippen LogP contribution in [0.3, 0.4) is 0 Å². The Morgan fingerprint density at radius 1 is 1.25 bits per heavy atom. The Labute approximate surface area is 93.3 Å². The van der Waals surface area contributed by atoms with Crippen LogP contribution in [0.5, 0.6) is 0 Å². The van der Waals surface area contributed by atoms with Gasteiger partial charge in [-0.25, -0.2) is 17.6 Å². The molecule has 1 aromatic carbocycles. The van der Waals surface area contributed by atoms with Gasteiger partial charge in [-0.2, -0.15) is 0 Å². The van der Waals surface area contributed by atoms with Crippen molar-refractivity contribution in [1.82, 2.24) is 4.57 Å². The van der Waals surface area contributed by atoms with Crippen molar-refractivity contribution in [3.63, 3.8) is 0 Å². The second-order valence-electron chi connectivity index (χ2n) is 3.43. The fraction of sp³-hybridized carbons (Fsp3) is 0.100. The van der Waals surface area contributed by atoms with E-state index >= 15 is 0 Å². The smallest absolute Gasteiger partial charge is 0.248 e. The number of hydrogen-bond acceptors (Lipinski definition) is 3. The third kappa shape index (κ3) is 2.12. The molecule has 0 aliphatic heterocycles. The van der Waals surface area contributed by atoms with E-state index in [-0.39, 0.29) is 4.90 Å². The number of aryl methyl sites for hydroxylation is 1. The van der Waals surface area contributed by atoms with Crippen LogP contribution in [0.25, 0.3) is 5.69 Å². The molecule has 0 aliphatic carbocycles. The summed E-state index contributed by atoms with van der Waals surface area (Å²) in [5, 5.41) is 0. The minimum absolute atomic E-state index is 0.215. The quantitative estimate of drug-likeness (QED) is 0.554. The number of benzene rings is 1. The first-order valence-corrected chi connectivity index (χ1v) is 5.97. The van der Waals surface area contributed by atoms with Crippen LogP contribution in [0.15, 0.2) is 47.9 Å². The zero-order valence-electron chi connectivity index (χ0n) is 8.57. The van der Waals surface area contributed by atoms with Gasteiger partial charge in [-0.05, 0) is 24.3 Å². The summed E-state index contributed by atoms with van der Waals surface area (Å²) in [6, 6.07) is 5.78. The minimum Gasteiger partial charge on any atom is -0.744 e. The molecule has 84 valence electrons. The number of aromatic nitrogens is 2. The summed E-state index contributed by atoms with van der Waals surface area (Å²) < 4.78 is 35.8. The molecule has 0 aliphatic rings. The lowest BCUT2D eigenvalue weighted by Gasteiger charge is -2.06. The summed E-state index contributed by atoms with van der Waals surface area (Å²) in [6.07, 6.45) is 5.53. The first-order valence-electron chi connectivity index (χ1n) is 4.56. The van der Waals surface area contributed by atoms with Crippen LogP contribution >= 0.6 is 0 Å². The average molecular weight is 238 g/mol. The van der Waals surface area contributed by atoms with Gasteiger partial charge in [-0.15, -0.1) is 0 Å². The van der Waals surface area contributed by atoms with Gasteiger partial charge in [0.25, 0.3) is 0 Å². The minimum atomic E-state index is -4.36. The maximum atomic E-state index is 10.7. The van der Waals surface area contributed by atoms with E-state index in [2.05, 4.69) is 0 Å². The SMILES string of the molecule is C[n+]1ccn(-c2ccc(S(=O)(=O)[O-])cc2)c1. The van der Waals surface area contributed by atoms with Crippen LogP contribution in [-0.4, -0.2) is 17.5 Å². The number of nitrogens with zero attached hydrogens (tertiary/aromatic N) is 2. The standard InChI is InChI=1S/C10H10N2O3S/c1-11-6-7-12(8-11)9-2-4-10(5-3-9)16(13,14)15/h2-8H,1H3. The fourth-order valence-corrected chi connectivity index (χ4v) is 1.86. The summed E-state index contributed by atoms with van der Waals surface area (Å²) in [4.78, 5) is -0.215. The summed E-state index contributed by atoms with van der Waals surface area (Å²) in [6.45, 7) is 0. The van der Waals surface area contributed by atoms with Crippen molar-refractivity contribution >= 4 is 10.1 Å². The van der Waals surface area contributed by atoms with Gasteiger partial charge in [0.1, 0.15) is 28.2 Å². The van der Waals surface area contributed by atoms with E-state index in [1.165, 1.54) is 12.1 Å². The third-order valence-corrected chi connectivity index (χ3v) is 3.04. The Balaban J connectivity index is 2.40. The second kappa shape index (κ2) is 3.73.